The molecule has 1 fully saturated rings. The summed E-state index contributed by atoms with van der Waals surface area (Å²) in [6.45, 7) is 9.11. The number of rotatable bonds is 5. The summed E-state index contributed by atoms with van der Waals surface area (Å²) in [6.07, 6.45) is 3.40. The molecule has 0 aromatic carbocycles. The highest BCUT2D eigenvalue weighted by Gasteiger charge is 2.23. The highest BCUT2D eigenvalue weighted by Crippen LogP contribution is 2.29. The zero-order chi connectivity index (χ0) is 21.1. The lowest BCUT2D eigenvalue weighted by Gasteiger charge is -2.36. The summed E-state index contributed by atoms with van der Waals surface area (Å²) in [4.78, 5) is 10.9. The van der Waals surface area contributed by atoms with Gasteiger partial charge in [-0.1, -0.05) is 13.8 Å². The minimum absolute atomic E-state index is 0. The lowest BCUT2D eigenvalue weighted by molar-refractivity contribution is 0.367. The molecule has 8 nitrogen and oxygen atoms in total. The third-order valence-corrected chi connectivity index (χ3v) is 5.29. The number of nitrogens with one attached hydrogen (secondary N) is 2. The second-order valence-corrected chi connectivity index (χ2v) is 7.93. The Balaban J connectivity index is 0.00000181. The summed E-state index contributed by atoms with van der Waals surface area (Å²) in [5, 5.41) is 25.9. The Morgan fingerprint density at radius 3 is 2.47 bits per heavy atom. The van der Waals surface area contributed by atoms with Crippen LogP contribution in [-0.4, -0.2) is 50.9 Å². The van der Waals surface area contributed by atoms with Crippen LogP contribution in [0.15, 0.2) is 42.7 Å². The van der Waals surface area contributed by atoms with Gasteiger partial charge in [0.05, 0.1) is 23.8 Å². The van der Waals surface area contributed by atoms with Crippen LogP contribution in [0.3, 0.4) is 0 Å². The Morgan fingerprint density at radius 2 is 1.84 bits per heavy atom. The number of nitrogens with zero attached hydrogens (tertiary/aromatic N) is 5. The number of hydrogen-bond acceptors (Lipinski definition) is 8. The fourth-order valence-corrected chi connectivity index (χ4v) is 3.48. The molecule has 0 aliphatic carbocycles. The van der Waals surface area contributed by atoms with E-state index in [9.17, 15) is 5.11 Å². The number of aromatic nitrogens is 4. The van der Waals surface area contributed by atoms with E-state index in [2.05, 4.69) is 49.5 Å². The van der Waals surface area contributed by atoms with Crippen molar-refractivity contribution in [2.75, 3.05) is 29.9 Å². The third-order valence-electron chi connectivity index (χ3n) is 5.29. The van der Waals surface area contributed by atoms with Crippen LogP contribution in [-0.2, 0) is 0 Å². The molecule has 4 heterocycles. The summed E-state index contributed by atoms with van der Waals surface area (Å²) in [6, 6.07) is 9.71. The quantitative estimate of drug-likeness (QED) is 0.507. The van der Waals surface area contributed by atoms with Crippen molar-refractivity contribution < 1.29 is 5.11 Å². The van der Waals surface area contributed by atoms with Crippen molar-refractivity contribution in [2.45, 2.75) is 26.8 Å². The van der Waals surface area contributed by atoms with Gasteiger partial charge in [0, 0.05) is 37.4 Å². The van der Waals surface area contributed by atoms with Gasteiger partial charge in [-0.25, -0.2) is 4.98 Å². The fraction of sp³-hybridized carbons (Fsp3) is 0.364. The molecule has 3 aromatic rings. The predicted octanol–water partition coefficient (Wildman–Crippen LogP) is 3.97. The molecule has 10 heteroatoms. The minimum Gasteiger partial charge on any atom is -0.506 e. The second-order valence-electron chi connectivity index (χ2n) is 7.93. The van der Waals surface area contributed by atoms with E-state index in [1.165, 1.54) is 0 Å². The summed E-state index contributed by atoms with van der Waals surface area (Å²) >= 11 is 0. The van der Waals surface area contributed by atoms with Gasteiger partial charge in [0.1, 0.15) is 17.1 Å². The standard InChI is InChI=1S/C22H27N7O.2ClH/c1-14(2)19-13-29(9-8-23-19)21-7-6-18(27-28-21)22-20(30)10-17(12-25-22)26-16-5-4-15(3)24-11-16;;/h4-7,10-12,14,19,23,26,30H,8-9,13H2,1-3H3;2*1H/t19-;;/m1../s1. The number of aromatic hydroxyl groups is 1. The Bertz CT molecular complexity index is 1000. The molecular weight excluding hydrogens is 449 g/mol. The van der Waals surface area contributed by atoms with Crippen molar-refractivity contribution >= 4 is 42.0 Å². The zero-order valence-electron chi connectivity index (χ0n) is 18.3. The number of piperazine rings is 1. The molecule has 1 aliphatic heterocycles. The summed E-state index contributed by atoms with van der Waals surface area (Å²) in [5.41, 5.74) is 3.39. The van der Waals surface area contributed by atoms with Gasteiger partial charge in [-0.3, -0.25) is 4.98 Å². The van der Waals surface area contributed by atoms with Crippen molar-refractivity contribution in [1.29, 1.82) is 0 Å². The normalized spacial score (nSPS) is 15.6. The second kappa shape index (κ2) is 11.3. The molecule has 0 bridgehead atoms. The average Bonchev–Trinajstić information content (AvgIpc) is 2.76. The number of halogens is 2. The molecule has 1 saturated heterocycles. The number of aryl methyl sites for hydroxylation is 1. The highest BCUT2D eigenvalue weighted by atomic mass is 35.5. The molecule has 3 aromatic heterocycles. The maximum Gasteiger partial charge on any atom is 0.151 e. The predicted molar refractivity (Wildman–Crippen MR) is 133 cm³/mol. The van der Waals surface area contributed by atoms with E-state index >= 15 is 0 Å². The van der Waals surface area contributed by atoms with Crippen molar-refractivity contribution in [3.05, 3.63) is 48.4 Å². The largest absolute Gasteiger partial charge is 0.506 e. The first-order valence-corrected chi connectivity index (χ1v) is 10.2. The molecule has 0 spiro atoms. The van der Waals surface area contributed by atoms with E-state index in [0.717, 1.165) is 36.8 Å². The topological polar surface area (TPSA) is 99.1 Å². The van der Waals surface area contributed by atoms with Crippen LogP contribution in [0.1, 0.15) is 19.5 Å². The van der Waals surface area contributed by atoms with Crippen LogP contribution in [0.25, 0.3) is 11.4 Å². The summed E-state index contributed by atoms with van der Waals surface area (Å²) < 4.78 is 0. The van der Waals surface area contributed by atoms with Crippen LogP contribution in [0, 0.1) is 12.8 Å². The van der Waals surface area contributed by atoms with Gasteiger partial charge in [-0.05, 0) is 37.1 Å². The first-order chi connectivity index (χ1) is 14.5. The Labute approximate surface area is 200 Å². The van der Waals surface area contributed by atoms with E-state index in [-0.39, 0.29) is 30.6 Å². The van der Waals surface area contributed by atoms with Gasteiger partial charge in [-0.2, -0.15) is 0 Å². The average molecular weight is 478 g/mol. The van der Waals surface area contributed by atoms with Crippen LogP contribution in [0.2, 0.25) is 0 Å². The van der Waals surface area contributed by atoms with Gasteiger partial charge in [-0.15, -0.1) is 35.0 Å². The van der Waals surface area contributed by atoms with E-state index in [1.54, 1.807) is 18.5 Å². The monoisotopic (exact) mass is 477 g/mol. The number of pyridine rings is 2. The molecule has 172 valence electrons. The van der Waals surface area contributed by atoms with Crippen molar-refractivity contribution in [1.82, 2.24) is 25.5 Å². The SMILES string of the molecule is Cc1ccc(Nc2cnc(-c3ccc(N4CCN[C@@H](C(C)C)C4)nn3)c(O)c2)cn1.Cl.Cl. The zero-order valence-corrected chi connectivity index (χ0v) is 20.0. The minimum atomic E-state index is 0. The molecule has 0 radical (unpaired) electrons. The van der Waals surface area contributed by atoms with Crippen molar-refractivity contribution in [3.63, 3.8) is 0 Å². The molecule has 4 rings (SSSR count). The smallest absolute Gasteiger partial charge is 0.151 e. The third kappa shape index (κ3) is 5.97. The Morgan fingerprint density at radius 1 is 1.06 bits per heavy atom. The van der Waals surface area contributed by atoms with Crippen LogP contribution < -0.4 is 15.5 Å². The van der Waals surface area contributed by atoms with Crippen LogP contribution in [0.5, 0.6) is 5.75 Å². The van der Waals surface area contributed by atoms with E-state index < -0.39 is 0 Å². The number of anilines is 3. The summed E-state index contributed by atoms with van der Waals surface area (Å²) in [7, 11) is 0. The molecule has 0 unspecified atom stereocenters. The molecule has 0 amide bonds. The van der Waals surface area contributed by atoms with E-state index in [1.807, 2.05) is 31.2 Å². The Hall–Kier alpha value is -2.68. The maximum absolute atomic E-state index is 10.5. The highest BCUT2D eigenvalue weighted by molar-refractivity contribution is 5.85. The van der Waals surface area contributed by atoms with Gasteiger partial charge < -0.3 is 20.6 Å². The molecule has 3 N–H and O–H groups in total. The Kier molecular flexibility index (Phi) is 9.00. The molecule has 32 heavy (non-hydrogen) atoms. The van der Waals surface area contributed by atoms with Crippen molar-refractivity contribution in [3.8, 4) is 17.1 Å². The van der Waals surface area contributed by atoms with Crippen LogP contribution in [0.4, 0.5) is 17.2 Å². The maximum atomic E-state index is 10.5. The number of hydrogen-bond donors (Lipinski definition) is 3. The lowest BCUT2D eigenvalue weighted by atomic mass is 10.0. The van der Waals surface area contributed by atoms with Gasteiger partial charge in [0.25, 0.3) is 0 Å². The molecular formula is C22H29Cl2N7O. The first-order valence-electron chi connectivity index (χ1n) is 10.2. The van der Waals surface area contributed by atoms with E-state index in [4.69, 9.17) is 0 Å². The molecule has 0 saturated carbocycles. The van der Waals surface area contributed by atoms with Crippen molar-refractivity contribution in [2.24, 2.45) is 5.92 Å². The first kappa shape index (κ1) is 25.6. The summed E-state index contributed by atoms with van der Waals surface area (Å²) in [5.74, 6) is 1.45. The lowest BCUT2D eigenvalue weighted by Crippen LogP contribution is -2.53. The van der Waals surface area contributed by atoms with E-state index in [0.29, 0.717) is 29.0 Å². The van der Waals surface area contributed by atoms with Crippen LogP contribution >= 0.6 is 24.8 Å². The molecule has 1 aliphatic rings. The molecule has 1 atom stereocenters. The fourth-order valence-electron chi connectivity index (χ4n) is 3.48. The van der Waals surface area contributed by atoms with Gasteiger partial charge in [0.15, 0.2) is 5.82 Å². The van der Waals surface area contributed by atoms with Gasteiger partial charge >= 0.3 is 0 Å². The van der Waals surface area contributed by atoms with Gasteiger partial charge in [0.2, 0.25) is 0 Å².